The molecule has 0 saturated carbocycles. The number of rotatable bonds is 2. The lowest BCUT2D eigenvalue weighted by Gasteiger charge is -2.17. The molecule has 2 unspecified atom stereocenters. The lowest BCUT2D eigenvalue weighted by Crippen LogP contribution is -2.09. The molecule has 1 aromatic rings. The van der Waals surface area contributed by atoms with Gasteiger partial charge < -0.3 is 0 Å². The quantitative estimate of drug-likeness (QED) is 0.658. The van der Waals surface area contributed by atoms with E-state index in [1.807, 2.05) is 13.8 Å². The van der Waals surface area contributed by atoms with Crippen LogP contribution in [0.1, 0.15) is 30.9 Å². The summed E-state index contributed by atoms with van der Waals surface area (Å²) in [6, 6.07) is 3.64. The SMILES string of the molecule is CC(Cl)C(C)c1ccc(C(F)(F)F)cc1Br. The highest BCUT2D eigenvalue weighted by Gasteiger charge is 2.31. The van der Waals surface area contributed by atoms with E-state index in [9.17, 15) is 13.2 Å². The summed E-state index contributed by atoms with van der Waals surface area (Å²) in [6.45, 7) is 3.70. The molecular weight excluding hydrogens is 304 g/mol. The van der Waals surface area contributed by atoms with Crippen LogP contribution in [0.5, 0.6) is 0 Å². The van der Waals surface area contributed by atoms with Crippen LogP contribution in [0.15, 0.2) is 22.7 Å². The molecule has 1 aromatic carbocycles. The van der Waals surface area contributed by atoms with Crippen LogP contribution in [0.25, 0.3) is 0 Å². The first-order valence-corrected chi connectivity index (χ1v) is 5.97. The van der Waals surface area contributed by atoms with Crippen LogP contribution in [0, 0.1) is 0 Å². The van der Waals surface area contributed by atoms with E-state index in [-0.39, 0.29) is 11.3 Å². The smallest absolute Gasteiger partial charge is 0.166 e. The summed E-state index contributed by atoms with van der Waals surface area (Å²) in [7, 11) is 0. The Labute approximate surface area is 106 Å². The number of hydrogen-bond donors (Lipinski definition) is 0. The van der Waals surface area contributed by atoms with Gasteiger partial charge in [0.2, 0.25) is 0 Å². The first kappa shape index (κ1) is 13.8. The Balaban J connectivity index is 3.10. The van der Waals surface area contributed by atoms with Crippen molar-refractivity contribution in [2.45, 2.75) is 31.3 Å². The van der Waals surface area contributed by atoms with E-state index < -0.39 is 11.7 Å². The average Bonchev–Trinajstić information content (AvgIpc) is 2.15. The molecule has 0 N–H and O–H groups in total. The van der Waals surface area contributed by atoms with Gasteiger partial charge in [0.15, 0.2) is 0 Å². The van der Waals surface area contributed by atoms with E-state index >= 15 is 0 Å². The summed E-state index contributed by atoms with van der Waals surface area (Å²) in [4.78, 5) is 0. The maximum absolute atomic E-state index is 12.4. The summed E-state index contributed by atoms with van der Waals surface area (Å²) < 4.78 is 37.7. The zero-order chi connectivity index (χ0) is 12.5. The molecule has 2 atom stereocenters. The molecule has 90 valence electrons. The van der Waals surface area contributed by atoms with Crippen molar-refractivity contribution in [1.29, 1.82) is 0 Å². The zero-order valence-corrected chi connectivity index (χ0v) is 11.1. The molecule has 0 aliphatic carbocycles. The number of alkyl halides is 4. The molecule has 0 radical (unpaired) electrons. The van der Waals surface area contributed by atoms with Crippen molar-refractivity contribution in [2.75, 3.05) is 0 Å². The van der Waals surface area contributed by atoms with E-state index in [0.717, 1.165) is 17.7 Å². The van der Waals surface area contributed by atoms with Crippen molar-refractivity contribution in [1.82, 2.24) is 0 Å². The molecule has 5 heteroatoms. The summed E-state index contributed by atoms with van der Waals surface area (Å²) in [6.07, 6.45) is -4.31. The van der Waals surface area contributed by atoms with Gasteiger partial charge in [-0.2, -0.15) is 13.2 Å². The first-order valence-electron chi connectivity index (χ1n) is 4.74. The van der Waals surface area contributed by atoms with Gasteiger partial charge in [0, 0.05) is 9.85 Å². The maximum atomic E-state index is 12.4. The highest BCUT2D eigenvalue weighted by molar-refractivity contribution is 9.10. The van der Waals surface area contributed by atoms with E-state index in [1.54, 1.807) is 0 Å². The van der Waals surface area contributed by atoms with E-state index in [1.165, 1.54) is 6.07 Å². The van der Waals surface area contributed by atoms with Gasteiger partial charge in [0.1, 0.15) is 0 Å². The van der Waals surface area contributed by atoms with Gasteiger partial charge in [0.25, 0.3) is 0 Å². The topological polar surface area (TPSA) is 0 Å². The van der Waals surface area contributed by atoms with Gasteiger partial charge in [-0.15, -0.1) is 11.6 Å². The molecule has 0 aliphatic heterocycles. The monoisotopic (exact) mass is 314 g/mol. The number of hydrogen-bond acceptors (Lipinski definition) is 0. The highest BCUT2D eigenvalue weighted by atomic mass is 79.9. The third kappa shape index (κ3) is 3.14. The second-order valence-electron chi connectivity index (χ2n) is 3.70. The second-order valence-corrected chi connectivity index (χ2v) is 5.24. The summed E-state index contributed by atoms with van der Waals surface area (Å²) in [5.74, 6) is -0.00155. The molecule has 0 aliphatic rings. The van der Waals surface area contributed by atoms with Crippen molar-refractivity contribution in [3.63, 3.8) is 0 Å². The second kappa shape index (κ2) is 4.96. The minimum Gasteiger partial charge on any atom is -0.166 e. The van der Waals surface area contributed by atoms with E-state index in [4.69, 9.17) is 11.6 Å². The molecule has 1 rings (SSSR count). The van der Waals surface area contributed by atoms with Gasteiger partial charge in [-0.25, -0.2) is 0 Å². The van der Waals surface area contributed by atoms with Crippen molar-refractivity contribution in [3.05, 3.63) is 33.8 Å². The fourth-order valence-electron chi connectivity index (χ4n) is 1.32. The fourth-order valence-corrected chi connectivity index (χ4v) is 2.20. The molecule has 0 aromatic heterocycles. The van der Waals surface area contributed by atoms with Crippen LogP contribution in [-0.2, 0) is 6.18 Å². The van der Waals surface area contributed by atoms with Gasteiger partial charge in [0.05, 0.1) is 5.56 Å². The lowest BCUT2D eigenvalue weighted by molar-refractivity contribution is -0.137. The van der Waals surface area contributed by atoms with Crippen molar-refractivity contribution >= 4 is 27.5 Å². The Hall–Kier alpha value is -0.220. The van der Waals surface area contributed by atoms with Gasteiger partial charge in [-0.1, -0.05) is 28.9 Å². The predicted molar refractivity (Wildman–Crippen MR) is 62.9 cm³/mol. The van der Waals surface area contributed by atoms with Gasteiger partial charge >= 0.3 is 6.18 Å². The van der Waals surface area contributed by atoms with Crippen LogP contribution < -0.4 is 0 Å². The van der Waals surface area contributed by atoms with Crippen molar-refractivity contribution in [3.8, 4) is 0 Å². The van der Waals surface area contributed by atoms with Gasteiger partial charge in [-0.05, 0) is 30.5 Å². The van der Waals surface area contributed by atoms with Gasteiger partial charge in [-0.3, -0.25) is 0 Å². The van der Waals surface area contributed by atoms with Crippen LogP contribution >= 0.6 is 27.5 Å². The molecule has 0 spiro atoms. The third-order valence-corrected chi connectivity index (χ3v) is 3.57. The minimum absolute atomic E-state index is 0.00155. The molecule has 16 heavy (non-hydrogen) atoms. The lowest BCUT2D eigenvalue weighted by atomic mass is 9.97. The van der Waals surface area contributed by atoms with Crippen LogP contribution in [-0.4, -0.2) is 5.38 Å². The first-order chi connectivity index (χ1) is 7.23. The fraction of sp³-hybridized carbons (Fsp3) is 0.455. The van der Waals surface area contributed by atoms with Crippen molar-refractivity contribution < 1.29 is 13.2 Å². The Bertz CT molecular complexity index is 374. The largest absolute Gasteiger partial charge is 0.416 e. The molecule has 0 bridgehead atoms. The summed E-state index contributed by atoms with van der Waals surface area (Å²) in [5, 5.41) is -0.131. The summed E-state index contributed by atoms with van der Waals surface area (Å²) >= 11 is 9.07. The normalized spacial score (nSPS) is 15.9. The predicted octanol–water partition coefficient (Wildman–Crippen LogP) is 5.20. The van der Waals surface area contributed by atoms with E-state index in [2.05, 4.69) is 15.9 Å². The molecule has 0 amide bonds. The Kier molecular flexibility index (Phi) is 4.29. The van der Waals surface area contributed by atoms with E-state index in [0.29, 0.717) is 4.47 Å². The molecule has 0 nitrogen and oxygen atoms in total. The zero-order valence-electron chi connectivity index (χ0n) is 8.78. The minimum atomic E-state index is -4.31. The Morgan fingerprint density at radius 1 is 1.25 bits per heavy atom. The summed E-state index contributed by atoms with van der Waals surface area (Å²) in [5.41, 5.74) is 0.132. The highest BCUT2D eigenvalue weighted by Crippen LogP contribution is 2.35. The Morgan fingerprint density at radius 2 is 1.81 bits per heavy atom. The maximum Gasteiger partial charge on any atom is 0.416 e. The number of halogens is 5. The Morgan fingerprint density at radius 3 is 2.19 bits per heavy atom. The molecule has 0 heterocycles. The van der Waals surface area contributed by atoms with Crippen LogP contribution in [0.4, 0.5) is 13.2 Å². The average molecular weight is 316 g/mol. The molecule has 0 fully saturated rings. The molecule has 0 saturated heterocycles. The van der Waals surface area contributed by atoms with Crippen molar-refractivity contribution in [2.24, 2.45) is 0 Å². The number of benzene rings is 1. The molecular formula is C11H11BrClF3. The van der Waals surface area contributed by atoms with Crippen LogP contribution in [0.2, 0.25) is 0 Å². The third-order valence-electron chi connectivity index (χ3n) is 2.51. The van der Waals surface area contributed by atoms with Crippen LogP contribution in [0.3, 0.4) is 0 Å². The standard InChI is InChI=1S/C11H11BrClF3/c1-6(7(2)13)9-4-3-8(5-10(9)12)11(14,15)16/h3-7H,1-2H3.